The molecule has 5 rings (SSSR count). The first-order valence-electron chi connectivity index (χ1n) is 11.9. The van der Waals surface area contributed by atoms with Crippen molar-refractivity contribution in [3.63, 3.8) is 0 Å². The third-order valence-electron chi connectivity index (χ3n) is 7.16. The Balaban J connectivity index is 1.46. The number of carbonyl (C=O) groups is 1. The first-order chi connectivity index (χ1) is 16.8. The van der Waals surface area contributed by atoms with E-state index in [4.69, 9.17) is 0 Å². The zero-order valence-corrected chi connectivity index (χ0v) is 19.5. The number of halogens is 3. The molecule has 7 heteroatoms. The van der Waals surface area contributed by atoms with Crippen LogP contribution in [0, 0.1) is 5.92 Å². The zero-order chi connectivity index (χ0) is 24.6. The van der Waals surface area contributed by atoms with E-state index in [2.05, 4.69) is 27.2 Å². The summed E-state index contributed by atoms with van der Waals surface area (Å²) in [4.78, 5) is 18.0. The highest BCUT2D eigenvalue weighted by atomic mass is 19.4. The molecule has 3 aromatic rings. The predicted molar refractivity (Wildman–Crippen MR) is 131 cm³/mol. The lowest BCUT2D eigenvalue weighted by molar-refractivity contribution is -0.137. The van der Waals surface area contributed by atoms with E-state index in [1.807, 2.05) is 55.5 Å². The largest absolute Gasteiger partial charge is 0.416 e. The Kier molecular flexibility index (Phi) is 6.17. The smallest absolute Gasteiger partial charge is 0.368 e. The first kappa shape index (κ1) is 23.3. The maximum absolute atomic E-state index is 13.6. The molecule has 2 heterocycles. The van der Waals surface area contributed by atoms with Crippen LogP contribution < -0.4 is 15.1 Å². The maximum atomic E-state index is 13.6. The van der Waals surface area contributed by atoms with E-state index in [-0.39, 0.29) is 24.4 Å². The third kappa shape index (κ3) is 4.72. The molecular weight excluding hydrogens is 451 g/mol. The van der Waals surface area contributed by atoms with E-state index >= 15 is 0 Å². The molecule has 1 N–H and O–H groups in total. The second-order valence-electron chi connectivity index (χ2n) is 9.34. The molecule has 1 saturated heterocycles. The lowest BCUT2D eigenvalue weighted by atomic mass is 9.82. The minimum absolute atomic E-state index is 0.130. The predicted octanol–water partition coefficient (Wildman–Crippen LogP) is 5.45. The van der Waals surface area contributed by atoms with Gasteiger partial charge in [0.1, 0.15) is 0 Å². The molecule has 4 nitrogen and oxygen atoms in total. The molecule has 1 fully saturated rings. The average molecular weight is 480 g/mol. The molecule has 182 valence electrons. The fourth-order valence-electron chi connectivity index (χ4n) is 5.32. The molecule has 0 bridgehead atoms. The molecule has 3 aromatic carbocycles. The molecule has 0 unspecified atom stereocenters. The summed E-state index contributed by atoms with van der Waals surface area (Å²) in [5, 5.41) is 3.12. The second kappa shape index (κ2) is 9.29. The van der Waals surface area contributed by atoms with Gasteiger partial charge in [0, 0.05) is 31.0 Å². The second-order valence-corrected chi connectivity index (χ2v) is 9.34. The van der Waals surface area contributed by atoms with Crippen molar-refractivity contribution in [3.8, 4) is 0 Å². The standard InChI is InChI=1S/C28H28F3N3O/c1-19(20-8-4-2-5-9-20)32-27(35)24-17-21-16-22(28(29,30)31)12-13-25(21)34-15-14-33(18-26(24)34)23-10-6-3-7-11-23/h2-13,16,19,24,26H,14-15,17-18H2,1H3,(H,32,35)/t19-,24-,26-/m0/s1. The monoisotopic (exact) mass is 479 g/mol. The minimum Gasteiger partial charge on any atom is -0.368 e. The Hall–Kier alpha value is -3.48. The van der Waals surface area contributed by atoms with Crippen LogP contribution in [0.25, 0.3) is 0 Å². The summed E-state index contributed by atoms with van der Waals surface area (Å²) >= 11 is 0. The molecule has 0 spiro atoms. The number of alkyl halides is 3. The molecule has 2 aliphatic rings. The number of carbonyl (C=O) groups excluding carboxylic acids is 1. The van der Waals surface area contributed by atoms with Gasteiger partial charge >= 0.3 is 6.18 Å². The topological polar surface area (TPSA) is 35.6 Å². The van der Waals surface area contributed by atoms with Crippen LogP contribution in [-0.2, 0) is 17.4 Å². The van der Waals surface area contributed by atoms with Gasteiger partial charge in [0.25, 0.3) is 0 Å². The van der Waals surface area contributed by atoms with Crippen molar-refractivity contribution in [2.24, 2.45) is 5.92 Å². The number of hydrogen-bond donors (Lipinski definition) is 1. The highest BCUT2D eigenvalue weighted by Crippen LogP contribution is 2.40. The summed E-state index contributed by atoms with van der Waals surface area (Å²) in [7, 11) is 0. The maximum Gasteiger partial charge on any atom is 0.416 e. The summed E-state index contributed by atoms with van der Waals surface area (Å²) in [6.07, 6.45) is -4.14. The van der Waals surface area contributed by atoms with Gasteiger partial charge in [0.05, 0.1) is 23.6 Å². The summed E-state index contributed by atoms with van der Waals surface area (Å²) < 4.78 is 40.3. The molecule has 0 radical (unpaired) electrons. The van der Waals surface area contributed by atoms with E-state index < -0.39 is 17.7 Å². The fourth-order valence-corrected chi connectivity index (χ4v) is 5.32. The number of anilines is 2. The van der Waals surface area contributed by atoms with Crippen molar-refractivity contribution in [3.05, 3.63) is 95.6 Å². The molecule has 3 atom stereocenters. The number of rotatable bonds is 4. The Morgan fingerprint density at radius 1 is 0.971 bits per heavy atom. The lowest BCUT2D eigenvalue weighted by Crippen LogP contribution is -2.61. The summed E-state index contributed by atoms with van der Waals surface area (Å²) in [5.41, 5.74) is 2.78. The van der Waals surface area contributed by atoms with E-state index in [0.29, 0.717) is 18.7 Å². The van der Waals surface area contributed by atoms with Crippen molar-refractivity contribution in [1.29, 1.82) is 0 Å². The average Bonchev–Trinajstić information content (AvgIpc) is 2.88. The highest BCUT2D eigenvalue weighted by Gasteiger charge is 2.43. The summed E-state index contributed by atoms with van der Waals surface area (Å²) in [6.45, 7) is 3.93. The highest BCUT2D eigenvalue weighted by molar-refractivity contribution is 5.83. The number of nitrogens with one attached hydrogen (secondary N) is 1. The Bertz CT molecular complexity index is 1180. The van der Waals surface area contributed by atoms with Gasteiger partial charge in [-0.15, -0.1) is 0 Å². The minimum atomic E-state index is -4.42. The normalized spacial score (nSPS) is 20.6. The van der Waals surface area contributed by atoms with Crippen LogP contribution in [0.3, 0.4) is 0 Å². The van der Waals surface area contributed by atoms with Gasteiger partial charge in [-0.2, -0.15) is 13.2 Å². The van der Waals surface area contributed by atoms with Crippen LogP contribution in [0.4, 0.5) is 24.5 Å². The molecule has 35 heavy (non-hydrogen) atoms. The quantitative estimate of drug-likeness (QED) is 0.541. The number of nitrogens with zero attached hydrogens (tertiary/aromatic N) is 2. The number of hydrogen-bond acceptors (Lipinski definition) is 3. The SMILES string of the molecule is C[C@H](NC(=O)[C@H]1Cc2cc(C(F)(F)F)ccc2N2CCN(c3ccccc3)C[C@@H]12)c1ccccc1. The van der Waals surface area contributed by atoms with Gasteiger partial charge in [-0.25, -0.2) is 0 Å². The van der Waals surface area contributed by atoms with Gasteiger partial charge in [0.15, 0.2) is 0 Å². The Morgan fingerprint density at radius 3 is 2.34 bits per heavy atom. The van der Waals surface area contributed by atoms with E-state index in [1.165, 1.54) is 6.07 Å². The number of benzene rings is 3. The number of amides is 1. The van der Waals surface area contributed by atoms with Crippen molar-refractivity contribution < 1.29 is 18.0 Å². The van der Waals surface area contributed by atoms with Gasteiger partial charge in [0.2, 0.25) is 5.91 Å². The fraction of sp³-hybridized carbons (Fsp3) is 0.321. The van der Waals surface area contributed by atoms with Crippen LogP contribution in [0.5, 0.6) is 0 Å². The van der Waals surface area contributed by atoms with Crippen LogP contribution in [0.2, 0.25) is 0 Å². The molecule has 2 aliphatic heterocycles. The van der Waals surface area contributed by atoms with Gasteiger partial charge in [-0.1, -0.05) is 48.5 Å². The van der Waals surface area contributed by atoms with Crippen molar-refractivity contribution >= 4 is 17.3 Å². The third-order valence-corrected chi connectivity index (χ3v) is 7.16. The Labute approximate surface area is 203 Å². The molecular formula is C28H28F3N3O. The number of fused-ring (bicyclic) bond motifs is 3. The van der Waals surface area contributed by atoms with Gasteiger partial charge in [-0.05, 0) is 54.8 Å². The van der Waals surface area contributed by atoms with Gasteiger partial charge in [-0.3, -0.25) is 4.79 Å². The molecule has 0 saturated carbocycles. The van der Waals surface area contributed by atoms with Gasteiger partial charge < -0.3 is 15.1 Å². The first-order valence-corrected chi connectivity index (χ1v) is 11.9. The van der Waals surface area contributed by atoms with E-state index in [9.17, 15) is 18.0 Å². The molecule has 0 aliphatic carbocycles. The van der Waals surface area contributed by atoms with Crippen LogP contribution in [0.15, 0.2) is 78.9 Å². The lowest BCUT2D eigenvalue weighted by Gasteiger charge is -2.50. The van der Waals surface area contributed by atoms with Crippen molar-refractivity contribution in [1.82, 2.24) is 5.32 Å². The van der Waals surface area contributed by atoms with Crippen LogP contribution in [-0.4, -0.2) is 31.6 Å². The Morgan fingerprint density at radius 2 is 1.66 bits per heavy atom. The zero-order valence-electron chi connectivity index (χ0n) is 19.5. The van der Waals surface area contributed by atoms with E-state index in [1.54, 1.807) is 6.07 Å². The number of piperazine rings is 1. The summed E-state index contributed by atoms with van der Waals surface area (Å²) in [6, 6.07) is 23.3. The summed E-state index contributed by atoms with van der Waals surface area (Å²) in [5.74, 6) is -0.599. The number of para-hydroxylation sites is 1. The van der Waals surface area contributed by atoms with Crippen molar-refractivity contribution in [2.45, 2.75) is 31.6 Å². The molecule has 0 aromatic heterocycles. The van der Waals surface area contributed by atoms with Crippen molar-refractivity contribution in [2.75, 3.05) is 29.4 Å². The van der Waals surface area contributed by atoms with Crippen LogP contribution in [0.1, 0.15) is 29.7 Å². The molecule has 1 amide bonds. The van der Waals surface area contributed by atoms with E-state index in [0.717, 1.165) is 29.5 Å². The van der Waals surface area contributed by atoms with Crippen LogP contribution >= 0.6 is 0 Å².